The smallest absolute Gasteiger partial charge is 0.345 e. The van der Waals surface area contributed by atoms with E-state index in [9.17, 15) is 4.79 Å². The summed E-state index contributed by atoms with van der Waals surface area (Å²) >= 11 is 3.30. The monoisotopic (exact) mass is 425 g/mol. The fourth-order valence-corrected chi connectivity index (χ4v) is 3.12. The van der Waals surface area contributed by atoms with E-state index in [0.29, 0.717) is 30.3 Å². The number of nitrogens with zero attached hydrogens (tertiary/aromatic N) is 4. The molecule has 1 atom stereocenters. The summed E-state index contributed by atoms with van der Waals surface area (Å²) in [5.74, 6) is 1.59. The van der Waals surface area contributed by atoms with Crippen LogP contribution in [-0.2, 0) is 0 Å². The van der Waals surface area contributed by atoms with Gasteiger partial charge in [0.25, 0.3) is 0 Å². The van der Waals surface area contributed by atoms with Crippen LogP contribution in [0, 0.1) is 17.8 Å². The summed E-state index contributed by atoms with van der Waals surface area (Å²) < 4.78 is 6.44. The standard InChI is InChI=1S/C18H28BrN5O2/c1-12(2)16(20)23-18(25)24-7-4-14(5-8-24)13(3)6-9-26-17-21-10-15(19)11-22-17/h10-14H,4-9H2,1-3H3,(H2,20,23,25). The van der Waals surface area contributed by atoms with E-state index in [1.807, 2.05) is 13.8 Å². The van der Waals surface area contributed by atoms with E-state index in [1.165, 1.54) is 0 Å². The largest absolute Gasteiger partial charge is 0.463 e. The average molecular weight is 426 g/mol. The van der Waals surface area contributed by atoms with Crippen molar-refractivity contribution in [2.45, 2.75) is 40.0 Å². The van der Waals surface area contributed by atoms with Crippen molar-refractivity contribution in [3.8, 4) is 6.01 Å². The molecule has 0 spiro atoms. The Morgan fingerprint density at radius 1 is 1.35 bits per heavy atom. The number of halogens is 1. The van der Waals surface area contributed by atoms with Crippen molar-refractivity contribution >= 4 is 27.8 Å². The van der Waals surface area contributed by atoms with Gasteiger partial charge in [0, 0.05) is 31.4 Å². The van der Waals surface area contributed by atoms with Crippen molar-refractivity contribution in [2.24, 2.45) is 28.5 Å². The molecule has 1 saturated heterocycles. The third-order valence-corrected chi connectivity index (χ3v) is 5.24. The van der Waals surface area contributed by atoms with Crippen molar-refractivity contribution in [3.63, 3.8) is 0 Å². The van der Waals surface area contributed by atoms with Gasteiger partial charge in [0.15, 0.2) is 0 Å². The van der Waals surface area contributed by atoms with Gasteiger partial charge in [0.1, 0.15) is 5.84 Å². The number of aliphatic imine (C=N–C) groups is 1. The number of amidine groups is 1. The predicted molar refractivity (Wildman–Crippen MR) is 105 cm³/mol. The molecule has 0 radical (unpaired) electrons. The van der Waals surface area contributed by atoms with Crippen molar-refractivity contribution in [1.82, 2.24) is 14.9 Å². The van der Waals surface area contributed by atoms with Gasteiger partial charge in [-0.3, -0.25) is 0 Å². The summed E-state index contributed by atoms with van der Waals surface area (Å²) in [6.07, 6.45) is 6.26. The summed E-state index contributed by atoms with van der Waals surface area (Å²) in [4.78, 5) is 26.2. The molecule has 1 aliphatic rings. The maximum atomic E-state index is 12.2. The maximum absolute atomic E-state index is 12.2. The Bertz CT molecular complexity index is 613. The van der Waals surface area contributed by atoms with E-state index >= 15 is 0 Å². The van der Waals surface area contributed by atoms with E-state index in [2.05, 4.69) is 37.8 Å². The van der Waals surface area contributed by atoms with Crippen molar-refractivity contribution in [1.29, 1.82) is 0 Å². The van der Waals surface area contributed by atoms with Crippen molar-refractivity contribution < 1.29 is 9.53 Å². The number of nitrogens with two attached hydrogens (primary N) is 1. The fraction of sp³-hybridized carbons (Fsp3) is 0.667. The number of urea groups is 1. The number of piperidine rings is 1. The molecule has 7 nitrogen and oxygen atoms in total. The lowest BCUT2D eigenvalue weighted by molar-refractivity contribution is 0.148. The summed E-state index contributed by atoms with van der Waals surface area (Å²) in [6.45, 7) is 8.17. The van der Waals surface area contributed by atoms with E-state index in [1.54, 1.807) is 17.3 Å². The summed E-state index contributed by atoms with van der Waals surface area (Å²) in [7, 11) is 0. The lowest BCUT2D eigenvalue weighted by Crippen LogP contribution is -2.39. The fourth-order valence-electron chi connectivity index (χ4n) is 2.92. The molecule has 0 bridgehead atoms. The maximum Gasteiger partial charge on any atom is 0.345 e. The first kappa shape index (κ1) is 20.6. The molecule has 2 N–H and O–H groups in total. The van der Waals surface area contributed by atoms with Crippen LogP contribution in [0.25, 0.3) is 0 Å². The molecule has 1 unspecified atom stereocenters. The number of hydrogen-bond acceptors (Lipinski definition) is 4. The summed E-state index contributed by atoms with van der Waals surface area (Å²) in [6, 6.07) is 0.194. The Morgan fingerprint density at radius 3 is 2.54 bits per heavy atom. The number of likely N-dealkylation sites (tertiary alicyclic amines) is 1. The van der Waals surface area contributed by atoms with Gasteiger partial charge in [-0.1, -0.05) is 20.8 Å². The van der Waals surface area contributed by atoms with E-state index < -0.39 is 0 Å². The van der Waals surface area contributed by atoms with Crippen LogP contribution >= 0.6 is 15.9 Å². The highest BCUT2D eigenvalue weighted by Gasteiger charge is 2.26. The first-order chi connectivity index (χ1) is 12.4. The zero-order valence-corrected chi connectivity index (χ0v) is 17.3. The Labute approximate surface area is 163 Å². The molecule has 144 valence electrons. The van der Waals surface area contributed by atoms with Gasteiger partial charge in [0.05, 0.1) is 11.1 Å². The van der Waals surface area contributed by atoms with Gasteiger partial charge >= 0.3 is 12.0 Å². The Kier molecular flexibility index (Phi) is 7.81. The van der Waals surface area contributed by atoms with Gasteiger partial charge in [0.2, 0.25) is 0 Å². The number of carbonyl (C=O) groups excluding carboxylic acids is 1. The molecule has 2 rings (SSSR count). The zero-order chi connectivity index (χ0) is 19.1. The minimum Gasteiger partial charge on any atom is -0.463 e. The molecule has 1 aromatic heterocycles. The molecule has 0 aliphatic carbocycles. The lowest BCUT2D eigenvalue weighted by Gasteiger charge is -2.34. The zero-order valence-electron chi connectivity index (χ0n) is 15.7. The van der Waals surface area contributed by atoms with E-state index in [0.717, 1.165) is 36.8 Å². The highest BCUT2D eigenvalue weighted by molar-refractivity contribution is 9.10. The van der Waals surface area contributed by atoms with Crippen LogP contribution in [0.4, 0.5) is 4.79 Å². The summed E-state index contributed by atoms with van der Waals surface area (Å²) in [5.41, 5.74) is 5.79. The molecule has 1 fully saturated rings. The number of amides is 2. The predicted octanol–water partition coefficient (Wildman–Crippen LogP) is 3.49. The third-order valence-electron chi connectivity index (χ3n) is 4.83. The van der Waals surface area contributed by atoms with Crippen LogP contribution in [-0.4, -0.2) is 46.4 Å². The molecule has 2 heterocycles. The molecule has 26 heavy (non-hydrogen) atoms. The topological polar surface area (TPSA) is 93.7 Å². The molecule has 2 amide bonds. The second-order valence-electron chi connectivity index (χ2n) is 7.10. The third kappa shape index (κ3) is 6.23. The van der Waals surface area contributed by atoms with Crippen LogP contribution in [0.3, 0.4) is 0 Å². The van der Waals surface area contributed by atoms with Crippen LogP contribution in [0.2, 0.25) is 0 Å². The summed E-state index contributed by atoms with van der Waals surface area (Å²) in [5, 5.41) is 0. The van der Waals surface area contributed by atoms with E-state index in [-0.39, 0.29) is 11.9 Å². The molecular weight excluding hydrogens is 398 g/mol. The van der Waals surface area contributed by atoms with Crippen LogP contribution < -0.4 is 10.5 Å². The normalized spacial score (nSPS) is 17.4. The molecule has 0 aromatic carbocycles. The van der Waals surface area contributed by atoms with Gasteiger partial charge in [-0.25, -0.2) is 14.8 Å². The number of hydrogen-bond donors (Lipinski definition) is 1. The van der Waals surface area contributed by atoms with Crippen molar-refractivity contribution in [3.05, 3.63) is 16.9 Å². The molecule has 1 aromatic rings. The molecule has 1 aliphatic heterocycles. The molecule has 8 heteroatoms. The van der Waals surface area contributed by atoms with Gasteiger partial charge < -0.3 is 15.4 Å². The van der Waals surface area contributed by atoms with Crippen LogP contribution in [0.5, 0.6) is 6.01 Å². The first-order valence-electron chi connectivity index (χ1n) is 9.10. The SMILES string of the molecule is CC(C)C(N)=NC(=O)N1CCC(C(C)CCOc2ncc(Br)cn2)CC1. The Balaban J connectivity index is 1.72. The average Bonchev–Trinajstić information content (AvgIpc) is 2.63. The lowest BCUT2D eigenvalue weighted by atomic mass is 9.84. The number of rotatable bonds is 6. The molecular formula is C18H28BrN5O2. The minimum absolute atomic E-state index is 0.0891. The second kappa shape index (κ2) is 9.85. The van der Waals surface area contributed by atoms with Crippen LogP contribution in [0.1, 0.15) is 40.0 Å². The number of aromatic nitrogens is 2. The van der Waals surface area contributed by atoms with Crippen molar-refractivity contribution in [2.75, 3.05) is 19.7 Å². The highest BCUT2D eigenvalue weighted by atomic mass is 79.9. The second-order valence-corrected chi connectivity index (χ2v) is 8.01. The first-order valence-corrected chi connectivity index (χ1v) is 9.89. The molecule has 0 saturated carbocycles. The highest BCUT2D eigenvalue weighted by Crippen LogP contribution is 2.27. The van der Waals surface area contributed by atoms with Gasteiger partial charge in [-0.15, -0.1) is 0 Å². The minimum atomic E-state index is -0.210. The number of carbonyl (C=O) groups is 1. The van der Waals surface area contributed by atoms with Gasteiger partial charge in [-0.2, -0.15) is 4.99 Å². The van der Waals surface area contributed by atoms with E-state index in [4.69, 9.17) is 10.5 Å². The Hall–Kier alpha value is -1.70. The van der Waals surface area contributed by atoms with Gasteiger partial charge in [-0.05, 0) is 47.0 Å². The Morgan fingerprint density at radius 2 is 1.96 bits per heavy atom. The number of ether oxygens (including phenoxy) is 1. The van der Waals surface area contributed by atoms with Crippen LogP contribution in [0.15, 0.2) is 21.9 Å². The quantitative estimate of drug-likeness (QED) is 0.555.